The van der Waals surface area contributed by atoms with Gasteiger partial charge in [0.15, 0.2) is 17.5 Å². The molecule has 9 heteroatoms. The zero-order valence-electron chi connectivity index (χ0n) is 14.4. The third-order valence-corrected chi connectivity index (χ3v) is 3.52. The van der Waals surface area contributed by atoms with Gasteiger partial charge in [0.25, 0.3) is 0 Å². The topological polar surface area (TPSA) is 117 Å². The first-order valence-corrected chi connectivity index (χ1v) is 8.01. The molecule has 9 nitrogen and oxygen atoms in total. The number of nitrogens with zero attached hydrogens (tertiary/aromatic N) is 4. The Morgan fingerprint density at radius 1 is 1.32 bits per heavy atom. The van der Waals surface area contributed by atoms with Gasteiger partial charge in [0.05, 0.1) is 25.0 Å². The van der Waals surface area contributed by atoms with E-state index >= 15 is 0 Å². The molecule has 0 aliphatic heterocycles. The number of hydrogen-bond donors (Lipinski definition) is 3. The molecule has 0 fully saturated rings. The van der Waals surface area contributed by atoms with E-state index in [9.17, 15) is 0 Å². The van der Waals surface area contributed by atoms with Crippen LogP contribution < -0.4 is 10.6 Å². The Hall–Kier alpha value is -3.10. The summed E-state index contributed by atoms with van der Waals surface area (Å²) in [5.41, 5.74) is 0.937. The first-order chi connectivity index (χ1) is 12.2. The van der Waals surface area contributed by atoms with Crippen molar-refractivity contribution in [2.75, 3.05) is 7.05 Å². The lowest BCUT2D eigenvalue weighted by molar-refractivity contribution is 0.372. The predicted molar refractivity (Wildman–Crippen MR) is 91.7 cm³/mol. The lowest BCUT2D eigenvalue weighted by Gasteiger charge is -2.08. The number of H-pyrrole nitrogens is 1. The van der Waals surface area contributed by atoms with Gasteiger partial charge in [0.2, 0.25) is 5.82 Å². The summed E-state index contributed by atoms with van der Waals surface area (Å²) >= 11 is 0. The van der Waals surface area contributed by atoms with E-state index in [0.29, 0.717) is 42.4 Å². The molecule has 3 aromatic heterocycles. The summed E-state index contributed by atoms with van der Waals surface area (Å²) in [5.74, 6) is 3.54. The maximum Gasteiger partial charge on any atom is 0.216 e. The quantitative estimate of drug-likeness (QED) is 0.463. The third kappa shape index (κ3) is 4.25. The van der Waals surface area contributed by atoms with Crippen LogP contribution in [0.25, 0.3) is 11.6 Å². The molecule has 3 rings (SSSR count). The first kappa shape index (κ1) is 16.7. The van der Waals surface area contributed by atoms with E-state index in [-0.39, 0.29) is 0 Å². The molecule has 0 aromatic carbocycles. The minimum atomic E-state index is 0.338. The van der Waals surface area contributed by atoms with Gasteiger partial charge in [-0.2, -0.15) is 0 Å². The van der Waals surface area contributed by atoms with E-state index in [2.05, 4.69) is 49.8 Å². The number of aromatic amines is 1. The minimum absolute atomic E-state index is 0.338. The molecule has 3 N–H and O–H groups in total. The second-order valence-electron chi connectivity index (χ2n) is 5.74. The van der Waals surface area contributed by atoms with Crippen LogP contribution in [0.5, 0.6) is 0 Å². The zero-order valence-corrected chi connectivity index (χ0v) is 14.4. The Bertz CT molecular complexity index is 817. The van der Waals surface area contributed by atoms with Crippen LogP contribution in [0, 0.1) is 0 Å². The van der Waals surface area contributed by atoms with E-state index in [1.165, 1.54) is 0 Å². The number of rotatable bonds is 6. The fourth-order valence-electron chi connectivity index (χ4n) is 2.13. The molecule has 0 atom stereocenters. The highest BCUT2D eigenvalue weighted by Crippen LogP contribution is 2.14. The zero-order chi connectivity index (χ0) is 17.6. The summed E-state index contributed by atoms with van der Waals surface area (Å²) in [7, 11) is 1.70. The lowest BCUT2D eigenvalue weighted by atomic mass is 10.1. The molecule has 0 aliphatic carbocycles. The summed E-state index contributed by atoms with van der Waals surface area (Å²) < 4.78 is 10.6. The Kier molecular flexibility index (Phi) is 5.12. The van der Waals surface area contributed by atoms with Crippen molar-refractivity contribution in [2.45, 2.75) is 32.9 Å². The second kappa shape index (κ2) is 7.65. The van der Waals surface area contributed by atoms with Gasteiger partial charge in [0.1, 0.15) is 5.82 Å². The normalized spacial score (nSPS) is 11.9. The summed E-state index contributed by atoms with van der Waals surface area (Å²) in [6, 6.07) is 5.55. The molecule has 3 heterocycles. The lowest BCUT2D eigenvalue weighted by Crippen LogP contribution is -2.36. The van der Waals surface area contributed by atoms with E-state index in [4.69, 9.17) is 8.94 Å². The van der Waals surface area contributed by atoms with Crippen LogP contribution in [0.2, 0.25) is 0 Å². The molecule has 0 spiro atoms. The smallest absolute Gasteiger partial charge is 0.216 e. The molecule has 25 heavy (non-hydrogen) atoms. The summed E-state index contributed by atoms with van der Waals surface area (Å²) in [5, 5.41) is 17.3. The highest BCUT2D eigenvalue weighted by molar-refractivity contribution is 5.79. The monoisotopic (exact) mass is 343 g/mol. The Balaban J connectivity index is 1.51. The summed E-state index contributed by atoms with van der Waals surface area (Å²) in [6.45, 7) is 5.09. The molecule has 0 saturated carbocycles. The maximum absolute atomic E-state index is 5.29. The summed E-state index contributed by atoms with van der Waals surface area (Å²) in [4.78, 5) is 8.53. The van der Waals surface area contributed by atoms with Crippen molar-refractivity contribution >= 4 is 5.96 Å². The molecule has 132 valence electrons. The maximum atomic E-state index is 5.29. The number of aromatic nitrogens is 4. The SMILES string of the molecule is CN=C(NCc1nc(-c2ccco2)n[nH]1)NCc1cc(C(C)C)no1. The number of guanidine groups is 1. The Labute approximate surface area is 144 Å². The third-order valence-electron chi connectivity index (χ3n) is 3.52. The molecular weight excluding hydrogens is 322 g/mol. The number of nitrogens with one attached hydrogen (secondary N) is 3. The van der Waals surface area contributed by atoms with E-state index < -0.39 is 0 Å². The molecule has 0 bridgehead atoms. The first-order valence-electron chi connectivity index (χ1n) is 8.01. The van der Waals surface area contributed by atoms with Crippen LogP contribution in [-0.4, -0.2) is 33.3 Å². The van der Waals surface area contributed by atoms with Crippen molar-refractivity contribution in [1.82, 2.24) is 31.0 Å². The molecule has 0 saturated heterocycles. The fraction of sp³-hybridized carbons (Fsp3) is 0.375. The van der Waals surface area contributed by atoms with Gasteiger partial charge in [-0.05, 0) is 18.1 Å². The molecule has 3 aromatic rings. The predicted octanol–water partition coefficient (Wildman–Crippen LogP) is 2.04. The van der Waals surface area contributed by atoms with Crippen molar-refractivity contribution in [3.8, 4) is 11.6 Å². The average Bonchev–Trinajstić information content (AvgIpc) is 3.35. The van der Waals surface area contributed by atoms with Gasteiger partial charge in [-0.25, -0.2) is 4.98 Å². The van der Waals surface area contributed by atoms with Gasteiger partial charge >= 0.3 is 0 Å². The van der Waals surface area contributed by atoms with Crippen LogP contribution >= 0.6 is 0 Å². The van der Waals surface area contributed by atoms with Crippen LogP contribution in [0.1, 0.15) is 37.0 Å². The van der Waals surface area contributed by atoms with Gasteiger partial charge in [-0.1, -0.05) is 19.0 Å². The van der Waals surface area contributed by atoms with Crippen molar-refractivity contribution in [3.63, 3.8) is 0 Å². The minimum Gasteiger partial charge on any atom is -0.461 e. The molecular formula is C16H21N7O2. The van der Waals surface area contributed by atoms with Crippen LogP contribution in [0.4, 0.5) is 0 Å². The van der Waals surface area contributed by atoms with E-state index in [0.717, 1.165) is 11.5 Å². The number of aliphatic imine (C=N–C) groups is 1. The van der Waals surface area contributed by atoms with E-state index in [1.54, 1.807) is 19.4 Å². The molecule has 0 aliphatic rings. The van der Waals surface area contributed by atoms with Crippen molar-refractivity contribution in [1.29, 1.82) is 0 Å². The van der Waals surface area contributed by atoms with Gasteiger partial charge in [-0.15, -0.1) is 5.10 Å². The van der Waals surface area contributed by atoms with Crippen molar-refractivity contribution in [2.24, 2.45) is 4.99 Å². The number of furan rings is 1. The van der Waals surface area contributed by atoms with Gasteiger partial charge in [0, 0.05) is 13.1 Å². The highest BCUT2D eigenvalue weighted by atomic mass is 16.5. The van der Waals surface area contributed by atoms with Crippen LogP contribution in [-0.2, 0) is 13.1 Å². The van der Waals surface area contributed by atoms with Crippen LogP contribution in [0.15, 0.2) is 38.4 Å². The Morgan fingerprint density at radius 2 is 2.16 bits per heavy atom. The second-order valence-corrected chi connectivity index (χ2v) is 5.74. The highest BCUT2D eigenvalue weighted by Gasteiger charge is 2.10. The molecule has 0 unspecified atom stereocenters. The fourth-order valence-corrected chi connectivity index (χ4v) is 2.13. The largest absolute Gasteiger partial charge is 0.461 e. The summed E-state index contributed by atoms with van der Waals surface area (Å²) in [6.07, 6.45) is 1.59. The Morgan fingerprint density at radius 3 is 2.84 bits per heavy atom. The molecule has 0 radical (unpaired) electrons. The van der Waals surface area contributed by atoms with Crippen molar-refractivity contribution in [3.05, 3.63) is 41.7 Å². The van der Waals surface area contributed by atoms with Crippen molar-refractivity contribution < 1.29 is 8.94 Å². The van der Waals surface area contributed by atoms with Gasteiger partial charge in [-0.3, -0.25) is 10.1 Å². The van der Waals surface area contributed by atoms with Gasteiger partial charge < -0.3 is 19.6 Å². The average molecular weight is 343 g/mol. The van der Waals surface area contributed by atoms with E-state index in [1.807, 2.05) is 12.1 Å². The van der Waals surface area contributed by atoms with Crippen LogP contribution in [0.3, 0.4) is 0 Å². The standard InChI is InChI=1S/C16H21N7O2/c1-10(2)12-7-11(25-23-12)8-18-16(17-3)19-9-14-20-15(22-21-14)13-5-4-6-24-13/h4-7,10H,8-9H2,1-3H3,(H2,17,18,19)(H,20,21,22). The number of hydrogen-bond acceptors (Lipinski definition) is 6. The molecule has 0 amide bonds.